The van der Waals surface area contributed by atoms with Gasteiger partial charge in [0.25, 0.3) is 11.9 Å². The first kappa shape index (κ1) is 27.5. The van der Waals surface area contributed by atoms with Gasteiger partial charge in [0.05, 0.1) is 8.99 Å². The fraction of sp³-hybridized carbons (Fsp3) is 0.619. The van der Waals surface area contributed by atoms with E-state index in [4.69, 9.17) is 9.47 Å². The zero-order valence-corrected chi connectivity index (χ0v) is 23.5. The molecule has 16 heteroatoms. The van der Waals surface area contributed by atoms with Crippen molar-refractivity contribution in [2.75, 3.05) is 0 Å². The van der Waals surface area contributed by atoms with Crippen molar-refractivity contribution in [3.05, 3.63) is 24.8 Å². The number of hydrogen-bond donors (Lipinski definition) is 0. The normalized spacial score (nSPS) is 33.5. The summed E-state index contributed by atoms with van der Waals surface area (Å²) in [6.45, 7) is 0. The molecule has 6 rings (SSSR count). The van der Waals surface area contributed by atoms with Gasteiger partial charge in [0, 0.05) is 15.4 Å². The molecule has 0 saturated heterocycles. The summed E-state index contributed by atoms with van der Waals surface area (Å²) in [5.74, 6) is -5.07. The number of fused-ring (bicyclic) bond motifs is 1. The molecule has 3 unspecified atom stereocenters. The van der Waals surface area contributed by atoms with Crippen LogP contribution in [0.1, 0.15) is 42.5 Å². The van der Waals surface area contributed by atoms with Crippen molar-refractivity contribution in [1.82, 2.24) is 0 Å². The Labute approximate surface area is 234 Å². The van der Waals surface area contributed by atoms with Crippen LogP contribution >= 0.6 is 45.2 Å². The van der Waals surface area contributed by atoms with E-state index in [0.717, 1.165) is 3.57 Å². The number of ether oxygens (including phenoxy) is 3. The van der Waals surface area contributed by atoms with Gasteiger partial charge in [-0.05, 0) is 95.3 Å². The Morgan fingerprint density at radius 2 is 1.68 bits per heavy atom. The number of halogens is 7. The maximum atomic E-state index is 14.0. The van der Waals surface area contributed by atoms with Crippen LogP contribution < -0.4 is 4.74 Å². The average molecular weight is 777 g/mol. The highest BCUT2D eigenvalue weighted by Crippen LogP contribution is 2.66. The van der Waals surface area contributed by atoms with Crippen LogP contribution in [0.4, 0.5) is 22.0 Å². The maximum absolute atomic E-state index is 14.0. The molecule has 4 saturated carbocycles. The minimum atomic E-state index is -6.81. The first-order valence-corrected chi connectivity index (χ1v) is 14.5. The quantitative estimate of drug-likeness (QED) is 0.189. The second-order valence-corrected chi connectivity index (χ2v) is 13.8. The van der Waals surface area contributed by atoms with Gasteiger partial charge < -0.3 is 18.8 Å². The summed E-state index contributed by atoms with van der Waals surface area (Å²) in [7, 11) is -6.81. The third-order valence-corrected chi connectivity index (χ3v) is 9.97. The first-order chi connectivity index (χ1) is 16.9. The predicted molar refractivity (Wildman–Crippen MR) is 127 cm³/mol. The van der Waals surface area contributed by atoms with Crippen LogP contribution in [0.15, 0.2) is 12.1 Å². The van der Waals surface area contributed by atoms with Gasteiger partial charge in [-0.3, -0.25) is 4.79 Å². The van der Waals surface area contributed by atoms with E-state index in [0.29, 0.717) is 22.2 Å². The smallest absolute Gasteiger partial charge is 0.432 e. The molecule has 4 bridgehead atoms. The Hall–Kier alpha value is -1.02. The zero-order valence-electron chi connectivity index (χ0n) is 18.3. The average Bonchev–Trinajstić information content (AvgIpc) is 2.74. The van der Waals surface area contributed by atoms with E-state index in [-0.39, 0.29) is 30.7 Å². The van der Waals surface area contributed by atoms with Crippen LogP contribution in [0.5, 0.6) is 5.75 Å². The Kier molecular flexibility index (Phi) is 6.32. The number of alkyl halides is 5. The predicted octanol–water partition coefficient (Wildman–Crippen LogP) is 4.58. The molecule has 8 nitrogen and oxygen atoms in total. The van der Waals surface area contributed by atoms with Crippen LogP contribution in [0, 0.1) is 30.3 Å². The highest BCUT2D eigenvalue weighted by Gasteiger charge is 2.71. The minimum Gasteiger partial charge on any atom is -0.743 e. The molecule has 4 fully saturated rings. The Morgan fingerprint density at radius 1 is 1.08 bits per heavy atom. The first-order valence-electron chi connectivity index (χ1n) is 10.9. The third kappa shape index (κ3) is 4.22. The van der Waals surface area contributed by atoms with Gasteiger partial charge in [0.2, 0.25) is 0 Å². The molecule has 0 aromatic heterocycles. The van der Waals surface area contributed by atoms with Crippen molar-refractivity contribution < 1.29 is 58.7 Å². The van der Waals surface area contributed by atoms with E-state index in [2.05, 4.69) is 4.74 Å². The SMILES string of the molecule is O=C1OC2(Oc3c(I)cc(I)cc31)C1CC3CC2CC(C(=O)OC(C(F)(F)F)C(F)(F)S(=O)(=O)[O-])(C3)C1. The molecule has 1 aromatic rings. The van der Waals surface area contributed by atoms with Crippen molar-refractivity contribution >= 4 is 67.2 Å². The van der Waals surface area contributed by atoms with E-state index >= 15 is 0 Å². The zero-order chi connectivity index (χ0) is 27.3. The van der Waals surface area contributed by atoms with Gasteiger partial charge in [-0.1, -0.05) is 0 Å². The summed E-state index contributed by atoms with van der Waals surface area (Å²) in [5, 5.41) is -5.93. The molecule has 0 radical (unpaired) electrons. The van der Waals surface area contributed by atoms with Gasteiger partial charge >= 0.3 is 23.4 Å². The molecule has 5 aliphatic rings. The van der Waals surface area contributed by atoms with Gasteiger partial charge in [-0.15, -0.1) is 0 Å². The second-order valence-electron chi connectivity index (χ2n) is 9.94. The largest absolute Gasteiger partial charge is 0.743 e. The van der Waals surface area contributed by atoms with Crippen LogP contribution in [0.25, 0.3) is 0 Å². The summed E-state index contributed by atoms with van der Waals surface area (Å²) in [5.41, 5.74) is -1.46. The van der Waals surface area contributed by atoms with Crippen molar-refractivity contribution in [3.8, 4) is 5.75 Å². The molecular formula is C21H16F5I2O8S-. The van der Waals surface area contributed by atoms with E-state index in [9.17, 15) is 44.5 Å². The number of esters is 2. The van der Waals surface area contributed by atoms with Crippen molar-refractivity contribution in [2.45, 2.75) is 55.4 Å². The molecule has 0 N–H and O–H groups in total. The minimum absolute atomic E-state index is 0.0233. The van der Waals surface area contributed by atoms with Gasteiger partial charge in [-0.25, -0.2) is 13.2 Å². The highest BCUT2D eigenvalue weighted by molar-refractivity contribution is 14.1. The topological polar surface area (TPSA) is 119 Å². The lowest BCUT2D eigenvalue weighted by molar-refractivity contribution is -0.301. The van der Waals surface area contributed by atoms with E-state index in [1.54, 1.807) is 12.1 Å². The van der Waals surface area contributed by atoms with E-state index < -0.39 is 62.6 Å². The van der Waals surface area contributed by atoms with Crippen molar-refractivity contribution in [2.24, 2.45) is 23.2 Å². The van der Waals surface area contributed by atoms with Crippen LogP contribution in [0.3, 0.4) is 0 Å². The molecule has 1 spiro atoms. The molecule has 0 amide bonds. The Balaban J connectivity index is 1.47. The van der Waals surface area contributed by atoms with Gasteiger partial charge in [0.15, 0.2) is 15.9 Å². The van der Waals surface area contributed by atoms with Gasteiger partial charge in [0.1, 0.15) is 5.56 Å². The summed E-state index contributed by atoms with van der Waals surface area (Å²) in [6, 6.07) is 3.37. The van der Waals surface area contributed by atoms with Crippen LogP contribution in [0.2, 0.25) is 0 Å². The van der Waals surface area contributed by atoms with Gasteiger partial charge in [-0.2, -0.15) is 22.0 Å². The monoisotopic (exact) mass is 777 g/mol. The summed E-state index contributed by atoms with van der Waals surface area (Å²) in [4.78, 5) is 26.0. The number of hydrogen-bond acceptors (Lipinski definition) is 8. The molecule has 1 aliphatic heterocycles. The van der Waals surface area contributed by atoms with Crippen molar-refractivity contribution in [3.63, 3.8) is 0 Å². The van der Waals surface area contributed by atoms with E-state index in [1.165, 1.54) is 0 Å². The molecule has 37 heavy (non-hydrogen) atoms. The number of rotatable bonds is 4. The lowest BCUT2D eigenvalue weighted by atomic mass is 9.47. The number of carbonyl (C=O) groups is 2. The third-order valence-electron chi connectivity index (χ3n) is 7.66. The molecular weight excluding hydrogens is 761 g/mol. The lowest BCUT2D eigenvalue weighted by Gasteiger charge is -2.62. The van der Waals surface area contributed by atoms with Crippen molar-refractivity contribution in [1.29, 1.82) is 0 Å². The number of carbonyl (C=O) groups excluding carboxylic acids is 2. The molecule has 1 heterocycles. The van der Waals surface area contributed by atoms with Crippen LogP contribution in [-0.4, -0.2) is 48.2 Å². The molecule has 1 aromatic carbocycles. The summed E-state index contributed by atoms with van der Waals surface area (Å²) >= 11 is 4.03. The molecule has 4 aliphatic carbocycles. The Morgan fingerprint density at radius 3 is 2.22 bits per heavy atom. The maximum Gasteiger partial charge on any atom is 0.432 e. The second kappa shape index (κ2) is 8.49. The Bertz CT molecular complexity index is 1280. The number of benzene rings is 1. The van der Waals surface area contributed by atoms with E-state index in [1.807, 2.05) is 45.2 Å². The fourth-order valence-corrected chi connectivity index (χ4v) is 8.79. The molecule has 204 valence electrons. The fourth-order valence-electron chi connectivity index (χ4n) is 6.39. The lowest BCUT2D eigenvalue weighted by Crippen LogP contribution is -2.68. The summed E-state index contributed by atoms with van der Waals surface area (Å²) in [6.07, 6.45) is -10.0. The standard InChI is InChI=1S/C21H17F5I2O8S/c22-20(23,24)16(21(25,26)37(31,32)33)34-17(30)18-5-8-1-9(6-18)19(10(2-8)7-18)35-14-12(15(29)36-19)3-11(27)4-13(14)28/h3-4,8-10,16H,1-2,5-7H2,(H,31,32,33)/p-1. The molecule has 3 atom stereocenters. The summed E-state index contributed by atoms with van der Waals surface area (Å²) < 4.78 is 118. The van der Waals surface area contributed by atoms with Crippen LogP contribution in [-0.2, 0) is 24.4 Å². The highest BCUT2D eigenvalue weighted by atomic mass is 127.